The maximum Gasteiger partial charge on any atom is 0.344 e. The summed E-state index contributed by atoms with van der Waals surface area (Å²) in [6.45, 7) is 4.35. The fraction of sp³-hybridized carbons (Fsp3) is 0.263. The van der Waals surface area contributed by atoms with Crippen LogP contribution >= 0.6 is 11.3 Å². The number of hydrogen-bond donors (Lipinski definition) is 0. The van der Waals surface area contributed by atoms with Crippen LogP contribution in [-0.4, -0.2) is 30.8 Å². The average Bonchev–Trinajstić information content (AvgIpc) is 3.05. The number of ether oxygens (including phenoxy) is 3. The van der Waals surface area contributed by atoms with Gasteiger partial charge in [0.15, 0.2) is 18.1 Å². The van der Waals surface area contributed by atoms with Crippen molar-refractivity contribution in [2.75, 3.05) is 19.8 Å². The highest BCUT2D eigenvalue weighted by molar-refractivity contribution is 7.21. The van der Waals surface area contributed by atoms with Gasteiger partial charge in [-0.2, -0.15) is 0 Å². The molecule has 3 rings (SSSR count). The van der Waals surface area contributed by atoms with E-state index in [1.165, 1.54) is 0 Å². The lowest BCUT2D eigenvalue weighted by molar-refractivity contribution is -0.145. The van der Waals surface area contributed by atoms with Crippen molar-refractivity contribution in [3.05, 3.63) is 42.5 Å². The summed E-state index contributed by atoms with van der Waals surface area (Å²) in [5.41, 5.74) is 1.93. The lowest BCUT2D eigenvalue weighted by Crippen LogP contribution is -2.15. The van der Waals surface area contributed by atoms with Crippen molar-refractivity contribution in [2.24, 2.45) is 0 Å². The number of hydrogen-bond acceptors (Lipinski definition) is 6. The third-order valence-corrected chi connectivity index (χ3v) is 4.52. The first-order valence-corrected chi connectivity index (χ1v) is 8.94. The van der Waals surface area contributed by atoms with Crippen molar-refractivity contribution in [3.63, 3.8) is 0 Å². The fourth-order valence-electron chi connectivity index (χ4n) is 2.36. The van der Waals surface area contributed by atoms with Gasteiger partial charge in [0.05, 0.1) is 23.4 Å². The van der Waals surface area contributed by atoms with Gasteiger partial charge in [0.25, 0.3) is 0 Å². The molecule has 5 nitrogen and oxygen atoms in total. The van der Waals surface area contributed by atoms with Gasteiger partial charge in [-0.05, 0) is 44.2 Å². The molecule has 0 saturated carbocycles. The molecule has 1 heterocycles. The summed E-state index contributed by atoms with van der Waals surface area (Å²) >= 11 is 1.63. The smallest absolute Gasteiger partial charge is 0.344 e. The van der Waals surface area contributed by atoms with Crippen LogP contribution in [0.1, 0.15) is 13.8 Å². The summed E-state index contributed by atoms with van der Waals surface area (Å²) in [7, 11) is 0. The first-order valence-electron chi connectivity index (χ1n) is 8.12. The van der Waals surface area contributed by atoms with Crippen LogP contribution in [0.3, 0.4) is 0 Å². The van der Waals surface area contributed by atoms with Gasteiger partial charge in [0.1, 0.15) is 5.01 Å². The highest BCUT2D eigenvalue weighted by atomic mass is 32.1. The minimum atomic E-state index is -0.403. The van der Waals surface area contributed by atoms with E-state index >= 15 is 0 Å². The summed E-state index contributed by atoms with van der Waals surface area (Å²) in [5, 5.41) is 0.916. The highest BCUT2D eigenvalue weighted by Crippen LogP contribution is 2.36. The van der Waals surface area contributed by atoms with Crippen molar-refractivity contribution in [2.45, 2.75) is 13.8 Å². The lowest BCUT2D eigenvalue weighted by Gasteiger charge is -2.12. The zero-order chi connectivity index (χ0) is 17.6. The average molecular weight is 357 g/mol. The molecular formula is C19H19NO4S. The highest BCUT2D eigenvalue weighted by Gasteiger charge is 2.13. The van der Waals surface area contributed by atoms with Crippen LogP contribution in [0.15, 0.2) is 42.5 Å². The van der Waals surface area contributed by atoms with Gasteiger partial charge in [-0.3, -0.25) is 0 Å². The SMILES string of the molecule is CCOC(=O)COc1ccc(-c2nc3ccccc3s2)cc1OCC. The largest absolute Gasteiger partial charge is 0.490 e. The molecule has 0 radical (unpaired) electrons. The Bertz CT molecular complexity index is 842. The lowest BCUT2D eigenvalue weighted by atomic mass is 10.2. The Morgan fingerprint density at radius 2 is 1.88 bits per heavy atom. The molecule has 2 aromatic carbocycles. The van der Waals surface area contributed by atoms with E-state index in [1.54, 1.807) is 24.3 Å². The van der Waals surface area contributed by atoms with Gasteiger partial charge in [-0.1, -0.05) is 12.1 Å². The molecule has 25 heavy (non-hydrogen) atoms. The number of aromatic nitrogens is 1. The Balaban J connectivity index is 1.86. The number of carbonyl (C=O) groups excluding carboxylic acids is 1. The Morgan fingerprint density at radius 1 is 1.04 bits per heavy atom. The van der Waals surface area contributed by atoms with Gasteiger partial charge in [-0.15, -0.1) is 11.3 Å². The van der Waals surface area contributed by atoms with E-state index < -0.39 is 5.97 Å². The van der Waals surface area contributed by atoms with Gasteiger partial charge in [0, 0.05) is 5.56 Å². The van der Waals surface area contributed by atoms with E-state index in [0.29, 0.717) is 24.7 Å². The number of carbonyl (C=O) groups is 1. The first kappa shape index (κ1) is 17.2. The summed E-state index contributed by atoms with van der Waals surface area (Å²) in [6, 6.07) is 13.6. The number of fused-ring (bicyclic) bond motifs is 1. The summed E-state index contributed by atoms with van der Waals surface area (Å²) in [6.07, 6.45) is 0. The molecule has 0 aliphatic rings. The van der Waals surface area contributed by atoms with Crippen molar-refractivity contribution < 1.29 is 19.0 Å². The van der Waals surface area contributed by atoms with E-state index in [-0.39, 0.29) is 6.61 Å². The molecule has 0 atom stereocenters. The third-order valence-electron chi connectivity index (χ3n) is 3.44. The van der Waals surface area contributed by atoms with Gasteiger partial charge < -0.3 is 14.2 Å². The molecule has 0 bridgehead atoms. The van der Waals surface area contributed by atoms with Crippen LogP contribution in [0.5, 0.6) is 11.5 Å². The molecule has 0 amide bonds. The number of thiazole rings is 1. The van der Waals surface area contributed by atoms with Crippen LogP contribution in [0, 0.1) is 0 Å². The minimum Gasteiger partial charge on any atom is -0.490 e. The molecule has 0 aliphatic carbocycles. The number of nitrogens with zero attached hydrogens (tertiary/aromatic N) is 1. The Morgan fingerprint density at radius 3 is 2.64 bits per heavy atom. The zero-order valence-electron chi connectivity index (χ0n) is 14.2. The van der Waals surface area contributed by atoms with Gasteiger partial charge >= 0.3 is 5.97 Å². The molecule has 130 valence electrons. The van der Waals surface area contributed by atoms with E-state index in [1.807, 2.05) is 37.3 Å². The monoisotopic (exact) mass is 357 g/mol. The number of benzene rings is 2. The Hall–Kier alpha value is -2.60. The zero-order valence-corrected chi connectivity index (χ0v) is 15.0. The van der Waals surface area contributed by atoms with E-state index in [4.69, 9.17) is 14.2 Å². The number of rotatable bonds is 7. The summed E-state index contributed by atoms with van der Waals surface area (Å²) in [5.74, 6) is 0.698. The second-order valence-electron chi connectivity index (χ2n) is 5.17. The maximum atomic E-state index is 11.5. The van der Waals surface area contributed by atoms with Crippen LogP contribution < -0.4 is 9.47 Å². The second-order valence-corrected chi connectivity index (χ2v) is 6.21. The minimum absolute atomic E-state index is 0.144. The molecule has 3 aromatic rings. The quantitative estimate of drug-likeness (QED) is 0.590. The molecule has 6 heteroatoms. The second kappa shape index (κ2) is 7.98. The predicted octanol–water partition coefficient (Wildman–Crippen LogP) is 4.30. The molecular weight excluding hydrogens is 338 g/mol. The van der Waals surface area contributed by atoms with E-state index in [9.17, 15) is 4.79 Å². The number of esters is 1. The van der Waals surface area contributed by atoms with Gasteiger partial charge in [-0.25, -0.2) is 9.78 Å². The maximum absolute atomic E-state index is 11.5. The molecule has 0 aliphatic heterocycles. The molecule has 1 aromatic heterocycles. The van der Waals surface area contributed by atoms with Crippen molar-refractivity contribution in [3.8, 4) is 22.1 Å². The molecule has 0 saturated heterocycles. The van der Waals surface area contributed by atoms with Gasteiger partial charge in [0.2, 0.25) is 0 Å². The predicted molar refractivity (Wildman–Crippen MR) is 98.4 cm³/mol. The molecule has 0 spiro atoms. The molecule has 0 unspecified atom stereocenters. The van der Waals surface area contributed by atoms with Crippen LogP contribution in [0.4, 0.5) is 0 Å². The normalized spacial score (nSPS) is 10.6. The topological polar surface area (TPSA) is 57.7 Å². The third kappa shape index (κ3) is 4.09. The van der Waals surface area contributed by atoms with E-state index in [0.717, 1.165) is 20.8 Å². The Labute approximate surface area is 150 Å². The standard InChI is InChI=1S/C19H19NO4S/c1-3-22-16-11-13(9-10-15(16)24-12-18(21)23-4-2)19-20-14-7-5-6-8-17(14)25-19/h5-11H,3-4,12H2,1-2H3. The number of para-hydroxylation sites is 1. The van der Waals surface area contributed by atoms with Crippen molar-refractivity contribution in [1.29, 1.82) is 0 Å². The van der Waals surface area contributed by atoms with E-state index in [2.05, 4.69) is 11.1 Å². The van der Waals surface area contributed by atoms with Crippen LogP contribution in [0.2, 0.25) is 0 Å². The fourth-order valence-corrected chi connectivity index (χ4v) is 3.33. The Kier molecular flexibility index (Phi) is 5.50. The summed E-state index contributed by atoms with van der Waals surface area (Å²) in [4.78, 5) is 16.1. The molecule has 0 fully saturated rings. The van der Waals surface area contributed by atoms with Crippen molar-refractivity contribution >= 4 is 27.5 Å². The van der Waals surface area contributed by atoms with Crippen LogP contribution in [0.25, 0.3) is 20.8 Å². The van der Waals surface area contributed by atoms with Crippen LogP contribution in [-0.2, 0) is 9.53 Å². The first-order chi connectivity index (χ1) is 12.2. The van der Waals surface area contributed by atoms with Crippen molar-refractivity contribution in [1.82, 2.24) is 4.98 Å². The summed E-state index contributed by atoms with van der Waals surface area (Å²) < 4.78 is 17.2. The molecule has 0 N–H and O–H groups in total.